The second-order valence-electron chi connectivity index (χ2n) is 4.17. The highest BCUT2D eigenvalue weighted by Crippen LogP contribution is 2.31. The van der Waals surface area contributed by atoms with Crippen LogP contribution in [0.15, 0.2) is 24.3 Å². The third kappa shape index (κ3) is 2.34. The van der Waals surface area contributed by atoms with Crippen LogP contribution in [0.1, 0.15) is 21.7 Å². The van der Waals surface area contributed by atoms with Gasteiger partial charge in [0.25, 0.3) is 5.91 Å². The van der Waals surface area contributed by atoms with E-state index in [0.717, 1.165) is 17.1 Å². The van der Waals surface area contributed by atoms with E-state index in [2.05, 4.69) is 5.43 Å². The number of hydrogen-bond donors (Lipinski definition) is 2. The molecule has 2 rings (SSSR count). The van der Waals surface area contributed by atoms with Crippen LogP contribution in [0, 0.1) is 13.8 Å². The van der Waals surface area contributed by atoms with Crippen LogP contribution in [-0.2, 0) is 0 Å². The first-order chi connectivity index (χ1) is 8.97. The van der Waals surface area contributed by atoms with Crippen molar-refractivity contribution < 1.29 is 4.79 Å². The van der Waals surface area contributed by atoms with Crippen molar-refractivity contribution in [1.29, 1.82) is 0 Å². The van der Waals surface area contributed by atoms with Crippen LogP contribution in [0.4, 0.5) is 0 Å². The molecule has 0 saturated carbocycles. The van der Waals surface area contributed by atoms with Crippen molar-refractivity contribution in [2.45, 2.75) is 13.8 Å². The summed E-state index contributed by atoms with van der Waals surface area (Å²) in [6.45, 7) is 3.71. The second-order valence-corrected chi connectivity index (χ2v) is 4.95. The predicted octanol–water partition coefficient (Wildman–Crippen LogP) is 3.00. The lowest BCUT2D eigenvalue weighted by Gasteiger charge is -2.12. The summed E-state index contributed by atoms with van der Waals surface area (Å²) in [5.74, 6) is 4.83. The molecule has 6 heteroatoms. The minimum atomic E-state index is -0.336. The molecule has 0 aliphatic rings. The highest BCUT2D eigenvalue weighted by atomic mass is 35.5. The number of aryl methyl sites for hydroxylation is 1. The van der Waals surface area contributed by atoms with Crippen LogP contribution in [0.2, 0.25) is 10.0 Å². The number of carbonyl (C=O) groups excluding carboxylic acids is 1. The monoisotopic (exact) mass is 297 g/mol. The normalized spacial score (nSPS) is 10.6. The summed E-state index contributed by atoms with van der Waals surface area (Å²) in [6.07, 6.45) is 0. The van der Waals surface area contributed by atoms with Crippen molar-refractivity contribution in [1.82, 2.24) is 9.99 Å². The summed E-state index contributed by atoms with van der Waals surface area (Å²) in [6, 6.07) is 7.13. The molecule has 3 N–H and O–H groups in total. The molecular weight excluding hydrogens is 285 g/mol. The van der Waals surface area contributed by atoms with Crippen LogP contribution >= 0.6 is 23.2 Å². The van der Waals surface area contributed by atoms with Crippen molar-refractivity contribution in [3.8, 4) is 5.69 Å². The lowest BCUT2D eigenvalue weighted by molar-refractivity contribution is 0.0953. The Morgan fingerprint density at radius 1 is 1.32 bits per heavy atom. The standard InChI is InChI=1S/C13H13Cl2N3O/c1-7-6-9(13(19)17-16)8(2)18(7)11-5-3-4-10(14)12(11)15/h3-6H,16H2,1-2H3,(H,17,19). The van der Waals surface area contributed by atoms with Gasteiger partial charge < -0.3 is 4.57 Å². The molecular formula is C13H13Cl2N3O. The Labute approximate surface area is 121 Å². The zero-order valence-corrected chi connectivity index (χ0v) is 12.0. The molecule has 0 atom stereocenters. The molecule has 19 heavy (non-hydrogen) atoms. The van der Waals surface area contributed by atoms with Crippen molar-refractivity contribution in [3.63, 3.8) is 0 Å². The number of nitrogen functional groups attached to an aromatic ring is 1. The van der Waals surface area contributed by atoms with Crippen LogP contribution in [-0.4, -0.2) is 10.5 Å². The second kappa shape index (κ2) is 5.25. The van der Waals surface area contributed by atoms with Gasteiger partial charge in [-0.1, -0.05) is 29.3 Å². The molecule has 4 nitrogen and oxygen atoms in total. The fourth-order valence-corrected chi connectivity index (χ4v) is 2.49. The van der Waals surface area contributed by atoms with Gasteiger partial charge >= 0.3 is 0 Å². The highest BCUT2D eigenvalue weighted by Gasteiger charge is 2.17. The largest absolute Gasteiger partial charge is 0.316 e. The van der Waals surface area contributed by atoms with Crippen molar-refractivity contribution in [2.24, 2.45) is 5.84 Å². The molecule has 0 unspecified atom stereocenters. The molecule has 0 radical (unpaired) electrons. The minimum absolute atomic E-state index is 0.336. The van der Waals surface area contributed by atoms with Crippen molar-refractivity contribution >= 4 is 29.1 Å². The van der Waals surface area contributed by atoms with Gasteiger partial charge in [-0.15, -0.1) is 0 Å². The summed E-state index contributed by atoms with van der Waals surface area (Å²) in [5, 5.41) is 0.919. The summed E-state index contributed by atoms with van der Waals surface area (Å²) >= 11 is 12.2. The first kappa shape index (κ1) is 13.9. The van der Waals surface area contributed by atoms with Gasteiger partial charge in [0, 0.05) is 11.4 Å². The van der Waals surface area contributed by atoms with E-state index in [9.17, 15) is 4.79 Å². The number of hydrazine groups is 1. The first-order valence-electron chi connectivity index (χ1n) is 5.61. The molecule has 0 aliphatic carbocycles. The van der Waals surface area contributed by atoms with Gasteiger partial charge in [0.05, 0.1) is 21.3 Å². The number of hydrogen-bond acceptors (Lipinski definition) is 2. The number of rotatable bonds is 2. The van der Waals surface area contributed by atoms with Crippen LogP contribution in [0.5, 0.6) is 0 Å². The van der Waals surface area contributed by atoms with Crippen LogP contribution < -0.4 is 11.3 Å². The molecule has 1 heterocycles. The average Bonchev–Trinajstić information content (AvgIpc) is 2.68. The lowest BCUT2D eigenvalue weighted by atomic mass is 10.2. The number of aromatic nitrogens is 1. The SMILES string of the molecule is Cc1cc(C(=O)NN)c(C)n1-c1cccc(Cl)c1Cl. The fourth-order valence-electron chi connectivity index (χ4n) is 2.11. The van der Waals surface area contributed by atoms with E-state index < -0.39 is 0 Å². The number of nitrogens with zero attached hydrogens (tertiary/aromatic N) is 1. The Balaban J connectivity index is 2.67. The van der Waals surface area contributed by atoms with E-state index in [-0.39, 0.29) is 5.91 Å². The Morgan fingerprint density at radius 3 is 2.63 bits per heavy atom. The quantitative estimate of drug-likeness (QED) is 0.508. The average molecular weight is 298 g/mol. The fraction of sp³-hybridized carbons (Fsp3) is 0.154. The maximum absolute atomic E-state index is 11.7. The van der Waals surface area contributed by atoms with E-state index in [1.165, 1.54) is 0 Å². The maximum Gasteiger partial charge on any atom is 0.267 e. The number of halogens is 2. The number of amides is 1. The van der Waals surface area contributed by atoms with Gasteiger partial charge in [-0.05, 0) is 32.0 Å². The molecule has 0 fully saturated rings. The van der Waals surface area contributed by atoms with E-state index in [4.69, 9.17) is 29.0 Å². The first-order valence-corrected chi connectivity index (χ1v) is 6.37. The number of nitrogens with one attached hydrogen (secondary N) is 1. The van der Waals surface area contributed by atoms with E-state index in [1.807, 2.05) is 30.5 Å². The zero-order chi connectivity index (χ0) is 14.2. The molecule has 1 aromatic carbocycles. The van der Waals surface area contributed by atoms with Gasteiger partial charge in [0.2, 0.25) is 0 Å². The molecule has 1 amide bonds. The number of nitrogens with two attached hydrogens (primary N) is 1. The summed E-state index contributed by atoms with van der Waals surface area (Å²) in [7, 11) is 0. The van der Waals surface area contributed by atoms with Gasteiger partial charge in [-0.25, -0.2) is 5.84 Å². The van der Waals surface area contributed by atoms with Gasteiger partial charge in [-0.3, -0.25) is 10.2 Å². The molecule has 1 aromatic heterocycles. The van der Waals surface area contributed by atoms with E-state index in [1.54, 1.807) is 12.1 Å². The van der Waals surface area contributed by atoms with Gasteiger partial charge in [-0.2, -0.15) is 0 Å². The Kier molecular flexibility index (Phi) is 3.85. The topological polar surface area (TPSA) is 60.1 Å². The molecule has 0 saturated heterocycles. The third-order valence-corrected chi connectivity index (χ3v) is 3.79. The summed E-state index contributed by atoms with van der Waals surface area (Å²) < 4.78 is 1.87. The van der Waals surface area contributed by atoms with Crippen molar-refractivity contribution in [3.05, 3.63) is 51.3 Å². The van der Waals surface area contributed by atoms with Crippen LogP contribution in [0.3, 0.4) is 0 Å². The summed E-state index contributed by atoms with van der Waals surface area (Å²) in [5.41, 5.74) is 5.00. The smallest absolute Gasteiger partial charge is 0.267 e. The van der Waals surface area contributed by atoms with Crippen LogP contribution in [0.25, 0.3) is 5.69 Å². The Bertz CT molecular complexity index is 650. The van der Waals surface area contributed by atoms with Gasteiger partial charge in [0.1, 0.15) is 0 Å². The third-order valence-electron chi connectivity index (χ3n) is 2.98. The van der Waals surface area contributed by atoms with Gasteiger partial charge in [0.15, 0.2) is 0 Å². The molecule has 0 spiro atoms. The predicted molar refractivity (Wildman–Crippen MR) is 76.9 cm³/mol. The lowest BCUT2D eigenvalue weighted by Crippen LogP contribution is -2.30. The minimum Gasteiger partial charge on any atom is -0.316 e. The number of carbonyl (C=O) groups is 1. The molecule has 100 valence electrons. The van der Waals surface area contributed by atoms with Crippen molar-refractivity contribution in [2.75, 3.05) is 0 Å². The van der Waals surface area contributed by atoms with E-state index >= 15 is 0 Å². The maximum atomic E-state index is 11.7. The molecule has 0 bridgehead atoms. The highest BCUT2D eigenvalue weighted by molar-refractivity contribution is 6.43. The molecule has 0 aliphatic heterocycles. The Hall–Kier alpha value is -1.49. The molecule has 2 aromatic rings. The summed E-state index contributed by atoms with van der Waals surface area (Å²) in [4.78, 5) is 11.7. The van der Waals surface area contributed by atoms with E-state index in [0.29, 0.717) is 15.6 Å². The number of benzene rings is 1. The zero-order valence-electron chi connectivity index (χ0n) is 10.5. The Morgan fingerprint density at radius 2 is 2.00 bits per heavy atom.